The molecule has 2 aromatic carbocycles. The van der Waals surface area contributed by atoms with Crippen molar-refractivity contribution in [3.63, 3.8) is 0 Å². The van der Waals surface area contributed by atoms with Crippen LogP contribution >= 0.6 is 0 Å². The first kappa shape index (κ1) is 19.4. The van der Waals surface area contributed by atoms with Gasteiger partial charge >= 0.3 is 0 Å². The molecule has 2 aromatic rings. The minimum absolute atomic E-state index is 0.128. The van der Waals surface area contributed by atoms with Crippen molar-refractivity contribution in [2.45, 2.75) is 43.9 Å². The Balaban J connectivity index is 1.60. The van der Waals surface area contributed by atoms with Crippen molar-refractivity contribution in [3.8, 4) is 0 Å². The van der Waals surface area contributed by atoms with Crippen LogP contribution in [0.25, 0.3) is 0 Å². The van der Waals surface area contributed by atoms with E-state index >= 15 is 0 Å². The maximum Gasteiger partial charge on any atom is 0.267 e. The zero-order valence-electron chi connectivity index (χ0n) is 17.2. The van der Waals surface area contributed by atoms with Crippen LogP contribution in [0.3, 0.4) is 0 Å². The fraction of sp³-hybridized carbons (Fsp3) is 0.375. The summed E-state index contributed by atoms with van der Waals surface area (Å²) in [6.07, 6.45) is 6.63. The Bertz CT molecular complexity index is 1140. The van der Waals surface area contributed by atoms with Gasteiger partial charge in [-0.25, -0.2) is 8.42 Å². The second kappa shape index (κ2) is 7.27. The Hall–Kier alpha value is -2.60. The lowest BCUT2D eigenvalue weighted by atomic mass is 9.99. The number of carbonyl (C=O) groups excluding carboxylic acids is 1. The van der Waals surface area contributed by atoms with E-state index in [1.54, 1.807) is 23.1 Å². The van der Waals surface area contributed by atoms with Crippen molar-refractivity contribution in [2.24, 2.45) is 5.92 Å². The zero-order valence-corrected chi connectivity index (χ0v) is 18.0. The van der Waals surface area contributed by atoms with Gasteiger partial charge in [0, 0.05) is 25.0 Å². The summed E-state index contributed by atoms with van der Waals surface area (Å²) < 4.78 is 26.7. The molecule has 5 rings (SSSR count). The van der Waals surface area contributed by atoms with Gasteiger partial charge < -0.3 is 9.80 Å². The molecular weight excluding hydrogens is 396 g/mol. The number of para-hydroxylation sites is 1. The molecule has 5 nitrogen and oxygen atoms in total. The summed E-state index contributed by atoms with van der Waals surface area (Å²) in [5, 5.41) is 0. The van der Waals surface area contributed by atoms with Crippen LogP contribution in [-0.4, -0.2) is 32.3 Å². The van der Waals surface area contributed by atoms with Crippen LogP contribution in [0.2, 0.25) is 0 Å². The number of rotatable bonds is 2. The standard InChI is InChI=1S/C24H26N2O3S/c1-17-11-13-25(14-12-17)24(27)23-16-26(20-10-9-18-5-4-6-19(18)15-20)21-7-2-3-8-22(21)30(23,28)29/h2-3,7-10,15-17H,4-6,11-14H2,1H3. The zero-order chi connectivity index (χ0) is 20.9. The SMILES string of the molecule is CC1CCN(C(=O)C2=CN(c3ccc4c(c3)CCC4)c3ccccc3S2(=O)=O)CC1. The van der Waals surface area contributed by atoms with Gasteiger partial charge in [0.05, 0.1) is 10.6 Å². The number of fused-ring (bicyclic) bond motifs is 2. The highest BCUT2D eigenvalue weighted by Gasteiger charge is 2.38. The molecule has 1 fully saturated rings. The van der Waals surface area contributed by atoms with Gasteiger partial charge in [-0.1, -0.05) is 25.1 Å². The molecule has 0 atom stereocenters. The third-order valence-electron chi connectivity index (χ3n) is 6.59. The summed E-state index contributed by atoms with van der Waals surface area (Å²) in [6.45, 7) is 3.38. The van der Waals surface area contributed by atoms with Crippen LogP contribution in [0.5, 0.6) is 0 Å². The van der Waals surface area contributed by atoms with Crippen LogP contribution in [-0.2, 0) is 27.5 Å². The number of benzene rings is 2. The third kappa shape index (κ3) is 3.14. The van der Waals surface area contributed by atoms with E-state index in [0.29, 0.717) is 24.7 Å². The van der Waals surface area contributed by atoms with E-state index in [9.17, 15) is 13.2 Å². The molecule has 156 valence electrons. The minimum atomic E-state index is -3.87. The minimum Gasteiger partial charge on any atom is -0.338 e. The molecule has 1 amide bonds. The molecule has 0 saturated carbocycles. The lowest BCUT2D eigenvalue weighted by Crippen LogP contribution is -2.41. The average Bonchev–Trinajstić information content (AvgIpc) is 3.22. The Morgan fingerprint density at radius 1 is 1.00 bits per heavy atom. The van der Waals surface area contributed by atoms with E-state index in [1.165, 1.54) is 17.3 Å². The van der Waals surface area contributed by atoms with Crippen molar-refractivity contribution < 1.29 is 13.2 Å². The summed E-state index contributed by atoms with van der Waals surface area (Å²) in [5.41, 5.74) is 4.17. The van der Waals surface area contributed by atoms with Gasteiger partial charge in [0.1, 0.15) is 0 Å². The summed E-state index contributed by atoms with van der Waals surface area (Å²) in [6, 6.07) is 13.3. The molecule has 3 aliphatic rings. The second-order valence-electron chi connectivity index (χ2n) is 8.62. The number of likely N-dealkylation sites (tertiary alicyclic amines) is 1. The molecule has 30 heavy (non-hydrogen) atoms. The number of sulfone groups is 1. The van der Waals surface area contributed by atoms with Crippen molar-refractivity contribution in [1.29, 1.82) is 0 Å². The van der Waals surface area contributed by atoms with E-state index in [0.717, 1.165) is 37.8 Å². The monoisotopic (exact) mass is 422 g/mol. The van der Waals surface area contributed by atoms with E-state index in [-0.39, 0.29) is 15.7 Å². The van der Waals surface area contributed by atoms with E-state index in [1.807, 2.05) is 17.0 Å². The molecule has 1 saturated heterocycles. The van der Waals surface area contributed by atoms with Crippen LogP contribution in [0, 0.1) is 5.92 Å². The highest BCUT2D eigenvalue weighted by atomic mass is 32.2. The summed E-state index contributed by atoms with van der Waals surface area (Å²) >= 11 is 0. The first-order valence-corrected chi connectivity index (χ1v) is 12.2. The second-order valence-corrected chi connectivity index (χ2v) is 10.5. The largest absolute Gasteiger partial charge is 0.338 e. The smallest absolute Gasteiger partial charge is 0.267 e. The summed E-state index contributed by atoms with van der Waals surface area (Å²) in [7, 11) is -3.87. The Morgan fingerprint density at radius 2 is 1.73 bits per heavy atom. The number of carbonyl (C=O) groups is 1. The Kier molecular flexibility index (Phi) is 4.69. The number of amides is 1. The van der Waals surface area contributed by atoms with Crippen molar-refractivity contribution in [3.05, 3.63) is 64.7 Å². The van der Waals surface area contributed by atoms with Gasteiger partial charge in [-0.3, -0.25) is 4.79 Å². The molecule has 0 aromatic heterocycles. The Morgan fingerprint density at radius 3 is 2.53 bits per heavy atom. The molecule has 0 spiro atoms. The number of nitrogens with zero attached hydrogens (tertiary/aromatic N) is 2. The van der Waals surface area contributed by atoms with E-state index in [2.05, 4.69) is 19.1 Å². The lowest BCUT2D eigenvalue weighted by Gasteiger charge is -2.33. The quantitative estimate of drug-likeness (QED) is 0.728. The van der Waals surface area contributed by atoms with E-state index < -0.39 is 9.84 Å². The van der Waals surface area contributed by atoms with Gasteiger partial charge in [-0.05, 0) is 73.4 Å². The molecule has 1 aliphatic carbocycles. The summed E-state index contributed by atoms with van der Waals surface area (Å²) in [5.74, 6) is 0.178. The fourth-order valence-corrected chi connectivity index (χ4v) is 6.26. The van der Waals surface area contributed by atoms with Crippen molar-refractivity contribution in [1.82, 2.24) is 4.90 Å². The first-order valence-electron chi connectivity index (χ1n) is 10.7. The van der Waals surface area contributed by atoms with Crippen LogP contribution in [0.1, 0.15) is 37.3 Å². The molecule has 2 heterocycles. The Labute approximate surface area is 177 Å². The predicted molar refractivity (Wildman–Crippen MR) is 117 cm³/mol. The molecule has 0 N–H and O–H groups in total. The topological polar surface area (TPSA) is 57.7 Å². The van der Waals surface area contributed by atoms with Gasteiger partial charge in [-0.15, -0.1) is 0 Å². The maximum absolute atomic E-state index is 13.4. The van der Waals surface area contributed by atoms with Crippen LogP contribution < -0.4 is 4.90 Å². The number of anilines is 2. The lowest BCUT2D eigenvalue weighted by molar-refractivity contribution is -0.127. The number of aryl methyl sites for hydroxylation is 2. The molecule has 2 aliphatic heterocycles. The normalized spacial score (nSPS) is 20.5. The van der Waals surface area contributed by atoms with Crippen LogP contribution in [0.4, 0.5) is 11.4 Å². The molecule has 0 radical (unpaired) electrons. The highest BCUT2D eigenvalue weighted by Crippen LogP contribution is 2.41. The van der Waals surface area contributed by atoms with Crippen LogP contribution in [0.15, 0.2) is 58.5 Å². The maximum atomic E-state index is 13.4. The first-order chi connectivity index (χ1) is 14.4. The summed E-state index contributed by atoms with van der Waals surface area (Å²) in [4.78, 5) is 16.9. The van der Waals surface area contributed by atoms with Gasteiger partial charge in [-0.2, -0.15) is 0 Å². The average molecular weight is 423 g/mol. The molecule has 6 heteroatoms. The predicted octanol–water partition coefficient (Wildman–Crippen LogP) is 4.20. The molecule has 0 bridgehead atoms. The van der Waals surface area contributed by atoms with E-state index in [4.69, 9.17) is 0 Å². The molecular formula is C24H26N2O3S. The van der Waals surface area contributed by atoms with Crippen molar-refractivity contribution in [2.75, 3.05) is 18.0 Å². The number of piperidine rings is 1. The van der Waals surface area contributed by atoms with Gasteiger partial charge in [0.25, 0.3) is 5.91 Å². The fourth-order valence-electron chi connectivity index (χ4n) is 4.72. The molecule has 0 unspecified atom stereocenters. The third-order valence-corrected chi connectivity index (χ3v) is 8.38. The van der Waals surface area contributed by atoms with Gasteiger partial charge in [0.2, 0.25) is 9.84 Å². The number of hydrogen-bond donors (Lipinski definition) is 0. The van der Waals surface area contributed by atoms with Crippen molar-refractivity contribution >= 4 is 27.1 Å². The highest BCUT2D eigenvalue weighted by molar-refractivity contribution is 7.96. The van der Waals surface area contributed by atoms with Gasteiger partial charge in [0.15, 0.2) is 4.91 Å². The number of hydrogen-bond acceptors (Lipinski definition) is 4.